The lowest BCUT2D eigenvalue weighted by Gasteiger charge is -2.18. The van der Waals surface area contributed by atoms with E-state index in [9.17, 15) is 5.11 Å². The van der Waals surface area contributed by atoms with Crippen molar-refractivity contribution in [3.05, 3.63) is 67.6 Å². The average Bonchev–Trinajstić information content (AvgIpc) is 2.19. The first-order chi connectivity index (χ1) is 6.20. The van der Waals surface area contributed by atoms with Gasteiger partial charge in [0.15, 0.2) is 0 Å². The van der Waals surface area contributed by atoms with Gasteiger partial charge in [-0.3, -0.25) is 0 Å². The second kappa shape index (κ2) is 4.06. The molecule has 0 aromatic heterocycles. The predicted molar refractivity (Wildman–Crippen MR) is 55.2 cm³/mol. The molecule has 0 spiro atoms. The van der Waals surface area contributed by atoms with Gasteiger partial charge in [0.1, 0.15) is 5.60 Å². The smallest absolute Gasteiger partial charge is 0.108 e. The van der Waals surface area contributed by atoms with Crippen molar-refractivity contribution in [1.29, 1.82) is 0 Å². The lowest BCUT2D eigenvalue weighted by atomic mass is 9.95. The summed E-state index contributed by atoms with van der Waals surface area (Å²) in [6, 6.07) is 9.59. The zero-order valence-electron chi connectivity index (χ0n) is 7.48. The van der Waals surface area contributed by atoms with Crippen LogP contribution in [0.4, 0.5) is 0 Å². The number of rotatable bonds is 4. The monoisotopic (exact) mass is 173 g/mol. The van der Waals surface area contributed by atoms with Gasteiger partial charge in [-0.05, 0) is 5.56 Å². The van der Waals surface area contributed by atoms with Crippen LogP contribution >= 0.6 is 0 Å². The number of aliphatic hydroxyl groups is 1. The minimum Gasteiger partial charge on any atom is -0.381 e. The van der Waals surface area contributed by atoms with Gasteiger partial charge in [0, 0.05) is 6.42 Å². The van der Waals surface area contributed by atoms with Gasteiger partial charge in [-0.2, -0.15) is 0 Å². The van der Waals surface area contributed by atoms with Crippen molar-refractivity contribution in [2.45, 2.75) is 5.60 Å². The lowest BCUT2D eigenvalue weighted by molar-refractivity contribution is 0.181. The van der Waals surface area contributed by atoms with Crippen molar-refractivity contribution >= 4 is 0 Å². The molecule has 0 fully saturated rings. The molecule has 1 aromatic carbocycles. The Bertz CT molecular complexity index is 279. The van der Waals surface area contributed by atoms with E-state index >= 15 is 0 Å². The quantitative estimate of drug-likeness (QED) is 0.693. The van der Waals surface area contributed by atoms with Gasteiger partial charge in [-0.1, -0.05) is 55.6 Å². The molecule has 0 amide bonds. The summed E-state index contributed by atoms with van der Waals surface area (Å²) in [5, 5.41) is 9.79. The van der Waals surface area contributed by atoms with Crippen LogP contribution in [-0.2, 0) is 0 Å². The first-order valence-corrected chi connectivity index (χ1v) is 4.11. The first kappa shape index (κ1) is 9.75. The molecule has 1 rings (SSSR count). The van der Waals surface area contributed by atoms with Crippen LogP contribution in [0.2, 0.25) is 0 Å². The molecule has 1 nitrogen and oxygen atoms in total. The van der Waals surface area contributed by atoms with Crippen LogP contribution in [0.1, 0.15) is 5.56 Å². The summed E-state index contributed by atoms with van der Waals surface area (Å²) in [4.78, 5) is 0. The number of hydrogen-bond acceptors (Lipinski definition) is 1. The average molecular weight is 173 g/mol. The number of hydrogen-bond donors (Lipinski definition) is 1. The Hall–Kier alpha value is -1.34. The fraction of sp³-hybridized carbons (Fsp3) is 0.0833. The summed E-state index contributed by atoms with van der Waals surface area (Å²) in [6.45, 7) is 7.09. The lowest BCUT2D eigenvalue weighted by Crippen LogP contribution is -2.22. The molecule has 1 N–H and O–H groups in total. The molecule has 0 heterocycles. The van der Waals surface area contributed by atoms with Gasteiger partial charge in [0.05, 0.1) is 0 Å². The second-order valence-corrected chi connectivity index (χ2v) is 2.85. The summed E-state index contributed by atoms with van der Waals surface area (Å²) < 4.78 is 0. The van der Waals surface area contributed by atoms with E-state index in [1.54, 1.807) is 6.42 Å². The zero-order valence-corrected chi connectivity index (χ0v) is 7.48. The Morgan fingerprint density at radius 1 is 1.08 bits per heavy atom. The van der Waals surface area contributed by atoms with Gasteiger partial charge in [0.25, 0.3) is 0 Å². The van der Waals surface area contributed by atoms with Gasteiger partial charge < -0.3 is 5.11 Å². The maximum Gasteiger partial charge on any atom is 0.108 e. The molecule has 0 aliphatic carbocycles. The van der Waals surface area contributed by atoms with Crippen LogP contribution < -0.4 is 0 Å². The molecule has 0 aliphatic rings. The van der Waals surface area contributed by atoms with E-state index in [-0.39, 0.29) is 0 Å². The molecule has 0 unspecified atom stereocenters. The molecule has 0 bridgehead atoms. The molecule has 1 aromatic rings. The normalized spacial score (nSPS) is 10.8. The van der Waals surface area contributed by atoms with Gasteiger partial charge in [0.2, 0.25) is 0 Å². The first-order valence-electron chi connectivity index (χ1n) is 4.11. The van der Waals surface area contributed by atoms with Crippen LogP contribution in [0.25, 0.3) is 0 Å². The Balaban J connectivity index is 2.79. The molecule has 1 radical (unpaired) electrons. The maximum absolute atomic E-state index is 9.79. The fourth-order valence-electron chi connectivity index (χ4n) is 1.02. The highest BCUT2D eigenvalue weighted by molar-refractivity contribution is 5.32. The molecule has 13 heavy (non-hydrogen) atoms. The topological polar surface area (TPSA) is 20.2 Å². The molecule has 1 heteroatoms. The van der Waals surface area contributed by atoms with Crippen molar-refractivity contribution in [3.8, 4) is 0 Å². The second-order valence-electron chi connectivity index (χ2n) is 2.85. The Morgan fingerprint density at radius 3 is 2.08 bits per heavy atom. The maximum atomic E-state index is 9.79. The van der Waals surface area contributed by atoms with Crippen molar-refractivity contribution in [3.63, 3.8) is 0 Å². The largest absolute Gasteiger partial charge is 0.381 e. The number of benzene rings is 1. The van der Waals surface area contributed by atoms with Gasteiger partial charge in [-0.25, -0.2) is 0 Å². The molecular formula is C12H13O. The van der Waals surface area contributed by atoms with E-state index in [2.05, 4.69) is 13.2 Å². The molecule has 0 saturated heterocycles. The third kappa shape index (κ3) is 2.56. The third-order valence-electron chi connectivity index (χ3n) is 1.85. The van der Waals surface area contributed by atoms with Crippen molar-refractivity contribution < 1.29 is 5.11 Å². The highest BCUT2D eigenvalue weighted by atomic mass is 16.3. The van der Waals surface area contributed by atoms with E-state index in [1.807, 2.05) is 30.3 Å². The van der Waals surface area contributed by atoms with E-state index in [1.165, 1.54) is 12.2 Å². The Kier molecular flexibility index (Phi) is 3.04. The van der Waals surface area contributed by atoms with Gasteiger partial charge >= 0.3 is 0 Å². The van der Waals surface area contributed by atoms with E-state index in [0.29, 0.717) is 0 Å². The van der Waals surface area contributed by atoms with Crippen LogP contribution in [0.15, 0.2) is 55.6 Å². The highest BCUT2D eigenvalue weighted by Crippen LogP contribution is 2.17. The molecule has 0 atom stereocenters. The van der Waals surface area contributed by atoms with E-state index in [4.69, 9.17) is 0 Å². The summed E-state index contributed by atoms with van der Waals surface area (Å²) in [7, 11) is 0. The Morgan fingerprint density at radius 2 is 1.62 bits per heavy atom. The van der Waals surface area contributed by atoms with Crippen LogP contribution in [-0.4, -0.2) is 10.7 Å². The van der Waals surface area contributed by atoms with Crippen molar-refractivity contribution in [1.82, 2.24) is 0 Å². The van der Waals surface area contributed by atoms with Crippen LogP contribution in [0.3, 0.4) is 0 Å². The molecule has 67 valence electrons. The van der Waals surface area contributed by atoms with Crippen molar-refractivity contribution in [2.75, 3.05) is 0 Å². The van der Waals surface area contributed by atoms with Gasteiger partial charge in [-0.15, -0.1) is 0 Å². The minimum atomic E-state index is -1.11. The summed E-state index contributed by atoms with van der Waals surface area (Å²) >= 11 is 0. The minimum absolute atomic E-state index is 0.949. The standard InChI is InChI=1S/C12H13O/c1-3-12(13,4-2)10-11-8-6-5-7-9-11/h3-10,13H,1-2H2. The zero-order chi connectivity index (χ0) is 9.73. The Labute approximate surface area is 79.0 Å². The predicted octanol–water partition coefficient (Wildman–Crippen LogP) is 2.34. The highest BCUT2D eigenvalue weighted by Gasteiger charge is 2.18. The van der Waals surface area contributed by atoms with Crippen molar-refractivity contribution in [2.24, 2.45) is 0 Å². The summed E-state index contributed by atoms with van der Waals surface area (Å²) in [6.07, 6.45) is 4.60. The SMILES string of the molecule is C=CC(O)([CH]c1ccccc1)C=C. The summed E-state index contributed by atoms with van der Waals surface area (Å²) in [5.74, 6) is 0. The summed E-state index contributed by atoms with van der Waals surface area (Å²) in [5.41, 5.74) is -0.161. The van der Waals surface area contributed by atoms with Crippen LogP contribution in [0.5, 0.6) is 0 Å². The molecular weight excluding hydrogens is 160 g/mol. The third-order valence-corrected chi connectivity index (χ3v) is 1.85. The fourth-order valence-corrected chi connectivity index (χ4v) is 1.02. The molecule has 0 saturated carbocycles. The van der Waals surface area contributed by atoms with E-state index < -0.39 is 5.60 Å². The van der Waals surface area contributed by atoms with Crippen LogP contribution in [0, 0.1) is 6.42 Å². The van der Waals surface area contributed by atoms with E-state index in [0.717, 1.165) is 5.56 Å². The molecule has 0 aliphatic heterocycles.